The Balaban J connectivity index is 2.16. The molecule has 0 aliphatic carbocycles. The van der Waals surface area contributed by atoms with Crippen molar-refractivity contribution >= 4 is 5.69 Å². The van der Waals surface area contributed by atoms with Gasteiger partial charge in [-0.05, 0) is 18.6 Å². The Bertz CT molecular complexity index is 198. The van der Waals surface area contributed by atoms with Gasteiger partial charge in [0.15, 0.2) is 0 Å². The van der Waals surface area contributed by atoms with Gasteiger partial charge in [-0.15, -0.1) is 0 Å². The number of rotatable bonds is 5. The van der Waals surface area contributed by atoms with Gasteiger partial charge < -0.3 is 4.74 Å². The highest BCUT2D eigenvalue weighted by atomic mass is 16.5. The van der Waals surface area contributed by atoms with Gasteiger partial charge in [0.25, 0.3) is 0 Å². The summed E-state index contributed by atoms with van der Waals surface area (Å²) in [5.41, 5.74) is 0.980. The van der Waals surface area contributed by atoms with E-state index >= 15 is 0 Å². The SMILES string of the molecule is CCCOC[N]c1ccccc1. The van der Waals surface area contributed by atoms with Crippen molar-refractivity contribution in [2.45, 2.75) is 13.3 Å². The molecule has 0 aromatic heterocycles. The molecule has 0 aliphatic rings. The molecule has 0 saturated heterocycles. The van der Waals surface area contributed by atoms with Crippen molar-refractivity contribution in [3.8, 4) is 0 Å². The number of para-hydroxylation sites is 1. The van der Waals surface area contributed by atoms with Crippen LogP contribution in [0.15, 0.2) is 30.3 Å². The Morgan fingerprint density at radius 3 is 2.67 bits per heavy atom. The Hall–Kier alpha value is -1.02. The topological polar surface area (TPSA) is 23.3 Å². The smallest absolute Gasteiger partial charge is 0.138 e. The molecule has 0 heterocycles. The Kier molecular flexibility index (Phi) is 4.24. The lowest BCUT2D eigenvalue weighted by atomic mass is 10.3. The van der Waals surface area contributed by atoms with E-state index < -0.39 is 0 Å². The second kappa shape index (κ2) is 5.61. The fourth-order valence-electron chi connectivity index (χ4n) is 0.862. The molecule has 0 aliphatic heterocycles. The van der Waals surface area contributed by atoms with E-state index in [-0.39, 0.29) is 0 Å². The zero-order valence-electron chi connectivity index (χ0n) is 7.36. The van der Waals surface area contributed by atoms with Gasteiger partial charge in [0.2, 0.25) is 0 Å². The zero-order chi connectivity index (χ0) is 8.65. The Morgan fingerprint density at radius 1 is 1.25 bits per heavy atom. The standard InChI is InChI=1S/C10H14NO/c1-2-8-12-9-11-10-6-4-3-5-7-10/h3-7H,2,8-9H2,1H3. The highest BCUT2D eigenvalue weighted by Crippen LogP contribution is 2.04. The molecule has 1 aromatic carbocycles. The summed E-state index contributed by atoms with van der Waals surface area (Å²) in [6, 6.07) is 9.85. The van der Waals surface area contributed by atoms with Crippen LogP contribution in [0.1, 0.15) is 13.3 Å². The van der Waals surface area contributed by atoms with Gasteiger partial charge in [0.1, 0.15) is 6.73 Å². The number of benzene rings is 1. The number of hydrogen-bond donors (Lipinski definition) is 0. The van der Waals surface area contributed by atoms with E-state index in [1.54, 1.807) is 0 Å². The van der Waals surface area contributed by atoms with Crippen molar-refractivity contribution in [3.05, 3.63) is 30.3 Å². The maximum Gasteiger partial charge on any atom is 0.138 e. The average Bonchev–Trinajstić information content (AvgIpc) is 2.14. The largest absolute Gasteiger partial charge is 0.359 e. The van der Waals surface area contributed by atoms with Crippen molar-refractivity contribution in [3.63, 3.8) is 0 Å². The van der Waals surface area contributed by atoms with Crippen LogP contribution in [0.5, 0.6) is 0 Å². The van der Waals surface area contributed by atoms with E-state index in [1.165, 1.54) is 0 Å². The second-order valence-electron chi connectivity index (χ2n) is 2.53. The van der Waals surface area contributed by atoms with Gasteiger partial charge in [-0.3, -0.25) is 5.32 Å². The minimum atomic E-state index is 0.470. The summed E-state index contributed by atoms with van der Waals surface area (Å²) >= 11 is 0. The van der Waals surface area contributed by atoms with Crippen LogP contribution in [0.3, 0.4) is 0 Å². The molecule has 0 saturated carbocycles. The third kappa shape index (κ3) is 3.39. The first-order valence-electron chi connectivity index (χ1n) is 4.23. The fraction of sp³-hybridized carbons (Fsp3) is 0.400. The summed E-state index contributed by atoms with van der Waals surface area (Å²) < 4.78 is 5.22. The predicted molar refractivity (Wildman–Crippen MR) is 49.3 cm³/mol. The molecular weight excluding hydrogens is 150 g/mol. The van der Waals surface area contributed by atoms with Gasteiger partial charge in [0.05, 0.1) is 5.69 Å². The lowest BCUT2D eigenvalue weighted by Crippen LogP contribution is -2.05. The Morgan fingerprint density at radius 2 is 2.00 bits per heavy atom. The third-order valence-electron chi connectivity index (χ3n) is 1.44. The van der Waals surface area contributed by atoms with E-state index in [1.807, 2.05) is 30.3 Å². The monoisotopic (exact) mass is 164 g/mol. The molecular formula is C10H14NO. The summed E-state index contributed by atoms with van der Waals surface area (Å²) in [4.78, 5) is 0. The number of nitrogens with zero attached hydrogens (tertiary/aromatic N) is 1. The van der Waals surface area contributed by atoms with Gasteiger partial charge in [-0.1, -0.05) is 25.1 Å². The average molecular weight is 164 g/mol. The van der Waals surface area contributed by atoms with Crippen molar-refractivity contribution in [1.82, 2.24) is 5.32 Å². The summed E-state index contributed by atoms with van der Waals surface area (Å²) in [6.07, 6.45) is 1.05. The fourth-order valence-corrected chi connectivity index (χ4v) is 0.862. The number of hydrogen-bond acceptors (Lipinski definition) is 1. The molecule has 0 N–H and O–H groups in total. The molecule has 2 nitrogen and oxygen atoms in total. The van der Waals surface area contributed by atoms with Crippen LogP contribution in [0.4, 0.5) is 5.69 Å². The van der Waals surface area contributed by atoms with E-state index in [9.17, 15) is 0 Å². The number of ether oxygens (including phenoxy) is 1. The van der Waals surface area contributed by atoms with Gasteiger partial charge in [-0.25, -0.2) is 0 Å². The molecule has 1 radical (unpaired) electrons. The Labute approximate surface area is 73.6 Å². The maximum absolute atomic E-state index is 5.22. The lowest BCUT2D eigenvalue weighted by molar-refractivity contribution is 0.125. The maximum atomic E-state index is 5.22. The molecule has 0 atom stereocenters. The molecule has 0 spiro atoms. The van der Waals surface area contributed by atoms with Crippen LogP contribution in [-0.4, -0.2) is 13.3 Å². The van der Waals surface area contributed by atoms with Crippen LogP contribution in [0, 0.1) is 0 Å². The van der Waals surface area contributed by atoms with E-state index in [0.717, 1.165) is 18.7 Å². The predicted octanol–water partition coefficient (Wildman–Crippen LogP) is 2.31. The van der Waals surface area contributed by atoms with Crippen LogP contribution in [0.2, 0.25) is 0 Å². The molecule has 0 fully saturated rings. The normalized spacial score (nSPS) is 9.75. The van der Waals surface area contributed by atoms with Crippen molar-refractivity contribution in [1.29, 1.82) is 0 Å². The molecule has 1 aromatic rings. The molecule has 0 bridgehead atoms. The summed E-state index contributed by atoms with van der Waals surface area (Å²) in [5, 5.41) is 4.22. The lowest BCUT2D eigenvalue weighted by Gasteiger charge is -2.02. The zero-order valence-corrected chi connectivity index (χ0v) is 7.36. The highest BCUT2D eigenvalue weighted by Gasteiger charge is 1.89. The van der Waals surface area contributed by atoms with Crippen LogP contribution in [0.25, 0.3) is 0 Å². The quantitative estimate of drug-likeness (QED) is 0.612. The molecule has 12 heavy (non-hydrogen) atoms. The van der Waals surface area contributed by atoms with Crippen molar-refractivity contribution in [2.24, 2.45) is 0 Å². The first kappa shape index (κ1) is 9.07. The molecule has 1 rings (SSSR count). The summed E-state index contributed by atoms with van der Waals surface area (Å²) in [5.74, 6) is 0. The summed E-state index contributed by atoms with van der Waals surface area (Å²) in [7, 11) is 0. The summed E-state index contributed by atoms with van der Waals surface area (Å²) in [6.45, 7) is 3.34. The van der Waals surface area contributed by atoms with E-state index in [0.29, 0.717) is 6.73 Å². The van der Waals surface area contributed by atoms with Crippen molar-refractivity contribution in [2.75, 3.05) is 13.3 Å². The highest BCUT2D eigenvalue weighted by molar-refractivity contribution is 5.34. The van der Waals surface area contributed by atoms with Gasteiger partial charge >= 0.3 is 0 Å². The minimum Gasteiger partial charge on any atom is -0.359 e. The first-order valence-corrected chi connectivity index (χ1v) is 4.23. The molecule has 0 amide bonds. The third-order valence-corrected chi connectivity index (χ3v) is 1.44. The second-order valence-corrected chi connectivity index (χ2v) is 2.53. The van der Waals surface area contributed by atoms with Crippen LogP contribution >= 0.6 is 0 Å². The molecule has 65 valence electrons. The van der Waals surface area contributed by atoms with E-state index in [4.69, 9.17) is 4.74 Å². The molecule has 0 unspecified atom stereocenters. The van der Waals surface area contributed by atoms with Gasteiger partial charge in [0, 0.05) is 6.61 Å². The van der Waals surface area contributed by atoms with Gasteiger partial charge in [-0.2, -0.15) is 0 Å². The minimum absolute atomic E-state index is 0.470. The first-order chi connectivity index (χ1) is 5.93. The van der Waals surface area contributed by atoms with Crippen molar-refractivity contribution < 1.29 is 4.74 Å². The van der Waals surface area contributed by atoms with Crippen LogP contribution in [-0.2, 0) is 4.74 Å². The molecule has 2 heteroatoms. The van der Waals surface area contributed by atoms with E-state index in [2.05, 4.69) is 12.2 Å². The van der Waals surface area contributed by atoms with Crippen LogP contribution < -0.4 is 5.32 Å².